The van der Waals surface area contributed by atoms with Crippen LogP contribution < -0.4 is 4.80 Å². The van der Waals surface area contributed by atoms with Gasteiger partial charge in [0.25, 0.3) is 5.91 Å². The summed E-state index contributed by atoms with van der Waals surface area (Å²) in [6.45, 7) is 4.38. The van der Waals surface area contributed by atoms with Crippen LogP contribution in [0, 0.1) is 18.6 Å². The summed E-state index contributed by atoms with van der Waals surface area (Å²) in [5.74, 6) is -1.67. The molecule has 0 aliphatic rings. The molecule has 0 fully saturated rings. The van der Waals surface area contributed by atoms with Gasteiger partial charge in [-0.15, -0.1) is 0 Å². The van der Waals surface area contributed by atoms with Crippen LogP contribution in [0.15, 0.2) is 41.4 Å². The van der Waals surface area contributed by atoms with Gasteiger partial charge in [-0.2, -0.15) is 4.99 Å². The Balaban J connectivity index is 2.17. The molecule has 0 unspecified atom stereocenters. The number of carbonyl (C=O) groups excluding carboxylic acids is 1. The Hall–Kier alpha value is -2.34. The number of hydrogen-bond donors (Lipinski definition) is 0. The van der Waals surface area contributed by atoms with Crippen molar-refractivity contribution < 1.29 is 13.6 Å². The van der Waals surface area contributed by atoms with Gasteiger partial charge in [0.05, 0.1) is 10.2 Å². The van der Waals surface area contributed by atoms with Gasteiger partial charge in [0, 0.05) is 18.2 Å². The fourth-order valence-electron chi connectivity index (χ4n) is 2.49. The molecule has 1 aromatic heterocycles. The third-order valence-corrected chi connectivity index (χ3v) is 4.66. The van der Waals surface area contributed by atoms with Crippen LogP contribution in [-0.2, 0) is 6.54 Å². The molecule has 124 valence electrons. The van der Waals surface area contributed by atoms with Crippen molar-refractivity contribution in [1.29, 1.82) is 0 Å². The normalized spacial score (nSPS) is 12.1. The van der Waals surface area contributed by atoms with Crippen molar-refractivity contribution >= 4 is 27.5 Å². The first kappa shape index (κ1) is 16.5. The molecule has 24 heavy (non-hydrogen) atoms. The van der Waals surface area contributed by atoms with Crippen LogP contribution in [0.1, 0.15) is 29.3 Å². The number of nitrogens with zero attached hydrogens (tertiary/aromatic N) is 2. The highest BCUT2D eigenvalue weighted by molar-refractivity contribution is 7.16. The Labute approximate surface area is 141 Å². The second kappa shape index (κ2) is 6.65. The fourth-order valence-corrected chi connectivity index (χ4v) is 3.59. The van der Waals surface area contributed by atoms with Crippen molar-refractivity contribution in [2.24, 2.45) is 4.99 Å². The third kappa shape index (κ3) is 3.14. The molecule has 0 aliphatic heterocycles. The van der Waals surface area contributed by atoms with E-state index in [0.717, 1.165) is 29.4 Å². The van der Waals surface area contributed by atoms with Crippen LogP contribution in [-0.4, -0.2) is 10.5 Å². The quantitative estimate of drug-likeness (QED) is 0.690. The van der Waals surface area contributed by atoms with Crippen LogP contribution in [0.5, 0.6) is 0 Å². The molecule has 3 rings (SSSR count). The van der Waals surface area contributed by atoms with Crippen molar-refractivity contribution in [2.75, 3.05) is 0 Å². The van der Waals surface area contributed by atoms with Gasteiger partial charge >= 0.3 is 0 Å². The molecule has 1 heterocycles. The molecule has 6 heteroatoms. The first-order chi connectivity index (χ1) is 11.5. The van der Waals surface area contributed by atoms with E-state index in [1.165, 1.54) is 6.07 Å². The first-order valence-electron chi connectivity index (χ1n) is 7.63. The number of hydrogen-bond acceptors (Lipinski definition) is 2. The summed E-state index contributed by atoms with van der Waals surface area (Å²) in [5, 5.41) is 0. The zero-order chi connectivity index (χ0) is 17.3. The predicted octanol–water partition coefficient (Wildman–Crippen LogP) is 4.44. The van der Waals surface area contributed by atoms with Crippen LogP contribution in [0.2, 0.25) is 0 Å². The lowest BCUT2D eigenvalue weighted by molar-refractivity contribution is 0.0998. The number of rotatable bonds is 3. The summed E-state index contributed by atoms with van der Waals surface area (Å²) in [6, 6.07) is 9.21. The van der Waals surface area contributed by atoms with Gasteiger partial charge in [-0.25, -0.2) is 8.78 Å². The number of benzene rings is 2. The van der Waals surface area contributed by atoms with E-state index in [1.807, 2.05) is 26.0 Å². The lowest BCUT2D eigenvalue weighted by atomic mass is 10.1. The van der Waals surface area contributed by atoms with E-state index in [9.17, 15) is 13.6 Å². The van der Waals surface area contributed by atoms with Gasteiger partial charge in [0.1, 0.15) is 5.82 Å². The molecule has 0 saturated heterocycles. The lowest BCUT2D eigenvalue weighted by Gasteiger charge is -2.03. The minimum Gasteiger partial charge on any atom is -0.314 e. The Morgan fingerprint density at radius 1 is 1.21 bits per heavy atom. The van der Waals surface area contributed by atoms with Crippen LogP contribution in [0.25, 0.3) is 10.2 Å². The van der Waals surface area contributed by atoms with Crippen molar-refractivity contribution in [1.82, 2.24) is 4.57 Å². The molecule has 0 radical (unpaired) electrons. The number of aromatic nitrogens is 1. The number of amides is 1. The SMILES string of the molecule is CCCn1c(=NC(=O)c2ccc(C)cc2)sc2cc(F)cc(F)c21. The standard InChI is InChI=1S/C18H16F2N2OS/c1-3-8-22-16-14(20)9-13(19)10-15(16)24-18(22)21-17(23)12-6-4-11(2)5-7-12/h4-7,9-10H,3,8H2,1-2H3. The summed E-state index contributed by atoms with van der Waals surface area (Å²) < 4.78 is 29.7. The van der Waals surface area contributed by atoms with E-state index in [4.69, 9.17) is 0 Å². The van der Waals surface area contributed by atoms with E-state index < -0.39 is 17.5 Å². The average Bonchev–Trinajstić information content (AvgIpc) is 2.85. The number of fused-ring (bicyclic) bond motifs is 1. The Kier molecular flexibility index (Phi) is 4.57. The van der Waals surface area contributed by atoms with E-state index in [2.05, 4.69) is 4.99 Å². The number of carbonyl (C=O) groups is 1. The molecule has 0 aliphatic carbocycles. The highest BCUT2D eigenvalue weighted by atomic mass is 32.1. The monoisotopic (exact) mass is 346 g/mol. The summed E-state index contributed by atoms with van der Waals surface area (Å²) in [4.78, 5) is 16.9. The predicted molar refractivity (Wildman–Crippen MR) is 91.1 cm³/mol. The van der Waals surface area contributed by atoms with Gasteiger partial charge in [-0.1, -0.05) is 36.0 Å². The summed E-state index contributed by atoms with van der Waals surface area (Å²) in [6.07, 6.45) is 0.745. The van der Waals surface area contributed by atoms with Crippen LogP contribution in [0.4, 0.5) is 8.78 Å². The van der Waals surface area contributed by atoms with Crippen molar-refractivity contribution in [3.05, 3.63) is 64.0 Å². The molecule has 3 nitrogen and oxygen atoms in total. The maximum atomic E-state index is 14.2. The van der Waals surface area contributed by atoms with Gasteiger partial charge in [-0.05, 0) is 31.5 Å². The fraction of sp³-hybridized carbons (Fsp3) is 0.222. The van der Waals surface area contributed by atoms with E-state index >= 15 is 0 Å². The molecule has 1 amide bonds. The minimum absolute atomic E-state index is 0.290. The highest BCUT2D eigenvalue weighted by Gasteiger charge is 2.14. The van der Waals surface area contributed by atoms with Gasteiger partial charge in [-0.3, -0.25) is 4.79 Å². The molecule has 0 bridgehead atoms. The summed E-state index contributed by atoms with van der Waals surface area (Å²) in [7, 11) is 0. The molecule has 0 N–H and O–H groups in total. The summed E-state index contributed by atoms with van der Waals surface area (Å²) in [5.41, 5.74) is 1.80. The second-order valence-corrected chi connectivity index (χ2v) is 6.56. The highest BCUT2D eigenvalue weighted by Crippen LogP contribution is 2.22. The van der Waals surface area contributed by atoms with E-state index in [1.54, 1.807) is 16.7 Å². The number of halogens is 2. The topological polar surface area (TPSA) is 34.4 Å². The molecular formula is C18H16F2N2OS. The molecule has 0 saturated carbocycles. The Bertz CT molecular complexity index is 971. The second-order valence-electron chi connectivity index (χ2n) is 5.55. The number of aryl methyl sites for hydroxylation is 2. The molecule has 0 atom stereocenters. The van der Waals surface area contributed by atoms with E-state index in [-0.39, 0.29) is 0 Å². The Morgan fingerprint density at radius 2 is 1.92 bits per heavy atom. The van der Waals surface area contributed by atoms with Crippen molar-refractivity contribution in [3.63, 3.8) is 0 Å². The third-order valence-electron chi connectivity index (χ3n) is 3.64. The lowest BCUT2D eigenvalue weighted by Crippen LogP contribution is -2.17. The summed E-state index contributed by atoms with van der Waals surface area (Å²) >= 11 is 1.11. The zero-order valence-electron chi connectivity index (χ0n) is 13.3. The van der Waals surface area contributed by atoms with E-state index in [0.29, 0.717) is 27.1 Å². The maximum absolute atomic E-state index is 14.2. The van der Waals surface area contributed by atoms with Gasteiger partial charge in [0.15, 0.2) is 10.6 Å². The molecular weight excluding hydrogens is 330 g/mol. The largest absolute Gasteiger partial charge is 0.314 e. The molecule has 0 spiro atoms. The average molecular weight is 346 g/mol. The van der Waals surface area contributed by atoms with Gasteiger partial charge < -0.3 is 4.57 Å². The van der Waals surface area contributed by atoms with Crippen LogP contribution in [0.3, 0.4) is 0 Å². The van der Waals surface area contributed by atoms with Crippen molar-refractivity contribution in [3.8, 4) is 0 Å². The smallest absolute Gasteiger partial charge is 0.279 e. The number of thiazole rings is 1. The minimum atomic E-state index is -0.640. The van der Waals surface area contributed by atoms with Crippen LogP contribution >= 0.6 is 11.3 Å². The molecule has 2 aromatic carbocycles. The maximum Gasteiger partial charge on any atom is 0.279 e. The first-order valence-corrected chi connectivity index (χ1v) is 8.45. The van der Waals surface area contributed by atoms with Crippen molar-refractivity contribution in [2.45, 2.75) is 26.8 Å². The van der Waals surface area contributed by atoms with Gasteiger partial charge in [0.2, 0.25) is 0 Å². The Morgan fingerprint density at radius 3 is 2.58 bits per heavy atom. The zero-order valence-corrected chi connectivity index (χ0v) is 14.2. The molecule has 3 aromatic rings.